The highest BCUT2D eigenvalue weighted by molar-refractivity contribution is 5.78. The topological polar surface area (TPSA) is 64.9 Å². The van der Waals surface area contributed by atoms with Crippen LogP contribution in [-0.2, 0) is 11.3 Å². The first-order chi connectivity index (χ1) is 12.5. The minimum absolute atomic E-state index is 0.0183. The van der Waals surface area contributed by atoms with Crippen LogP contribution < -0.4 is 14.8 Å². The largest absolute Gasteiger partial charge is 0.586 e. The summed E-state index contributed by atoms with van der Waals surface area (Å²) in [5.41, 5.74) is 3.08. The van der Waals surface area contributed by atoms with E-state index in [-0.39, 0.29) is 29.7 Å². The molecule has 1 amide bonds. The number of amides is 1. The van der Waals surface area contributed by atoms with Crippen molar-refractivity contribution < 1.29 is 23.0 Å². The van der Waals surface area contributed by atoms with Gasteiger partial charge in [-0.3, -0.25) is 4.79 Å². The van der Waals surface area contributed by atoms with E-state index in [9.17, 15) is 13.6 Å². The lowest BCUT2D eigenvalue weighted by molar-refractivity contribution is -0.286. The Morgan fingerprint density at radius 2 is 2.04 bits per heavy atom. The minimum Gasteiger partial charge on any atom is -0.395 e. The van der Waals surface area contributed by atoms with Crippen molar-refractivity contribution in [1.29, 1.82) is 0 Å². The molecule has 0 aliphatic carbocycles. The van der Waals surface area contributed by atoms with Gasteiger partial charge in [-0.15, -0.1) is 8.78 Å². The third-order valence-corrected chi connectivity index (χ3v) is 4.64. The van der Waals surface area contributed by atoms with Gasteiger partial charge in [-0.2, -0.15) is 0 Å². The predicted molar refractivity (Wildman–Crippen MR) is 86.1 cm³/mol. The summed E-state index contributed by atoms with van der Waals surface area (Å²) >= 11 is 0. The highest BCUT2D eigenvalue weighted by Gasteiger charge is 2.43. The quantitative estimate of drug-likeness (QED) is 0.727. The third kappa shape index (κ3) is 2.29. The Morgan fingerprint density at radius 1 is 1.19 bits per heavy atom. The number of pyridine rings is 1. The monoisotopic (exact) mass is 357 g/mol. The molecule has 26 heavy (non-hydrogen) atoms. The number of rotatable bonds is 1. The lowest BCUT2D eigenvalue weighted by Crippen LogP contribution is -2.25. The Kier molecular flexibility index (Phi) is 3.01. The summed E-state index contributed by atoms with van der Waals surface area (Å²) in [6, 6.07) is 10.3. The molecule has 0 saturated heterocycles. The van der Waals surface area contributed by atoms with Gasteiger partial charge < -0.3 is 19.2 Å². The second-order valence-corrected chi connectivity index (χ2v) is 6.28. The standard InChI is InChI=1S/C18H13F2N3O3/c19-18(20)25-13-5-4-10(7-14(13)26-18)11-8-16(24)21-9-12-17(11)23-6-2-1-3-15(23)22-12/h1-7,11H,8-9H2,(H,21,24). The first-order valence-corrected chi connectivity index (χ1v) is 8.12. The number of ether oxygens (including phenoxy) is 2. The fourth-order valence-corrected chi connectivity index (χ4v) is 3.56. The van der Waals surface area contributed by atoms with Crippen LogP contribution in [0.15, 0.2) is 42.6 Å². The average Bonchev–Trinajstić information content (AvgIpc) is 3.07. The zero-order valence-corrected chi connectivity index (χ0v) is 13.4. The molecule has 2 aliphatic rings. The van der Waals surface area contributed by atoms with Gasteiger partial charge >= 0.3 is 6.29 Å². The molecule has 0 fully saturated rings. The summed E-state index contributed by atoms with van der Waals surface area (Å²) in [7, 11) is 0. The number of nitrogens with one attached hydrogen (secondary N) is 1. The molecule has 1 N–H and O–H groups in total. The van der Waals surface area contributed by atoms with Crippen LogP contribution in [0.3, 0.4) is 0 Å². The molecule has 1 unspecified atom stereocenters. The number of hydrogen-bond acceptors (Lipinski definition) is 4. The van der Waals surface area contributed by atoms with Gasteiger partial charge in [0.2, 0.25) is 5.91 Å². The number of carbonyl (C=O) groups is 1. The number of imidazole rings is 1. The molecule has 0 bridgehead atoms. The maximum atomic E-state index is 13.3. The summed E-state index contributed by atoms with van der Waals surface area (Å²) in [6.07, 6.45) is -1.60. The number of hydrogen-bond donors (Lipinski definition) is 1. The molecule has 4 heterocycles. The van der Waals surface area contributed by atoms with Gasteiger partial charge in [0.15, 0.2) is 11.5 Å². The van der Waals surface area contributed by atoms with E-state index in [1.165, 1.54) is 12.1 Å². The van der Waals surface area contributed by atoms with Crippen LogP contribution in [0, 0.1) is 0 Å². The first-order valence-electron chi connectivity index (χ1n) is 8.12. The summed E-state index contributed by atoms with van der Waals surface area (Å²) < 4.78 is 37.6. The van der Waals surface area contributed by atoms with E-state index >= 15 is 0 Å². The molecule has 2 aliphatic heterocycles. The lowest BCUT2D eigenvalue weighted by atomic mass is 9.91. The molecular weight excluding hydrogens is 344 g/mol. The van der Waals surface area contributed by atoms with Crippen molar-refractivity contribution in [2.45, 2.75) is 25.2 Å². The number of alkyl halides is 2. The second kappa shape index (κ2) is 5.17. The van der Waals surface area contributed by atoms with Gasteiger partial charge in [0.05, 0.1) is 17.9 Å². The predicted octanol–water partition coefficient (Wildman–Crippen LogP) is 2.81. The zero-order chi connectivity index (χ0) is 17.9. The van der Waals surface area contributed by atoms with E-state index in [0.717, 1.165) is 17.0 Å². The Hall–Kier alpha value is -3.16. The van der Waals surface area contributed by atoms with Gasteiger partial charge in [0.1, 0.15) is 5.65 Å². The van der Waals surface area contributed by atoms with Crippen molar-refractivity contribution in [2.75, 3.05) is 0 Å². The van der Waals surface area contributed by atoms with Crippen molar-refractivity contribution in [2.24, 2.45) is 0 Å². The maximum Gasteiger partial charge on any atom is 0.586 e. The number of halogens is 2. The lowest BCUT2D eigenvalue weighted by Gasteiger charge is -2.16. The van der Waals surface area contributed by atoms with Crippen LogP contribution >= 0.6 is 0 Å². The molecule has 0 saturated carbocycles. The summed E-state index contributed by atoms with van der Waals surface area (Å²) in [5.74, 6) is -0.517. The summed E-state index contributed by atoms with van der Waals surface area (Å²) in [4.78, 5) is 16.8. The van der Waals surface area contributed by atoms with Gasteiger partial charge in [-0.05, 0) is 29.8 Å². The molecule has 5 rings (SSSR count). The Morgan fingerprint density at radius 3 is 2.92 bits per heavy atom. The van der Waals surface area contributed by atoms with E-state index in [0.29, 0.717) is 12.1 Å². The van der Waals surface area contributed by atoms with Gasteiger partial charge in [-0.1, -0.05) is 12.1 Å². The van der Waals surface area contributed by atoms with Crippen LogP contribution in [0.25, 0.3) is 5.65 Å². The minimum atomic E-state index is -3.67. The van der Waals surface area contributed by atoms with Gasteiger partial charge in [-0.25, -0.2) is 4.98 Å². The smallest absolute Gasteiger partial charge is 0.395 e. The van der Waals surface area contributed by atoms with E-state index in [2.05, 4.69) is 19.8 Å². The van der Waals surface area contributed by atoms with Crippen LogP contribution in [0.4, 0.5) is 8.78 Å². The fraction of sp³-hybridized carbons (Fsp3) is 0.222. The van der Waals surface area contributed by atoms with Crippen molar-refractivity contribution in [1.82, 2.24) is 14.7 Å². The van der Waals surface area contributed by atoms with Gasteiger partial charge in [0, 0.05) is 18.5 Å². The number of nitrogens with zero attached hydrogens (tertiary/aromatic N) is 2. The number of carbonyl (C=O) groups excluding carboxylic acids is 1. The molecule has 132 valence electrons. The SMILES string of the molecule is O=C1CC(c2ccc3c(c2)OC(F)(F)O3)c2c(nc3ccccn23)CN1. The third-order valence-electron chi connectivity index (χ3n) is 4.64. The highest BCUT2D eigenvalue weighted by atomic mass is 19.3. The normalized spacial score (nSPS) is 20.5. The molecule has 1 atom stereocenters. The summed E-state index contributed by atoms with van der Waals surface area (Å²) in [6.45, 7) is 0.328. The Labute approximate surface area is 146 Å². The summed E-state index contributed by atoms with van der Waals surface area (Å²) in [5, 5.41) is 2.84. The number of benzene rings is 1. The van der Waals surface area contributed by atoms with Crippen molar-refractivity contribution >= 4 is 11.6 Å². The van der Waals surface area contributed by atoms with E-state index in [1.54, 1.807) is 6.07 Å². The van der Waals surface area contributed by atoms with Crippen molar-refractivity contribution in [3.05, 3.63) is 59.5 Å². The first kappa shape index (κ1) is 15.1. The van der Waals surface area contributed by atoms with Crippen LogP contribution in [0.5, 0.6) is 11.5 Å². The molecule has 6 nitrogen and oxygen atoms in total. The molecular formula is C18H13F2N3O3. The van der Waals surface area contributed by atoms with E-state index in [1.807, 2.05) is 28.8 Å². The molecule has 1 aromatic carbocycles. The molecule has 8 heteroatoms. The van der Waals surface area contributed by atoms with Crippen LogP contribution in [-0.4, -0.2) is 21.6 Å². The second-order valence-electron chi connectivity index (χ2n) is 6.28. The van der Waals surface area contributed by atoms with E-state index in [4.69, 9.17) is 0 Å². The van der Waals surface area contributed by atoms with Crippen LogP contribution in [0.1, 0.15) is 29.3 Å². The molecule has 3 aromatic rings. The van der Waals surface area contributed by atoms with Crippen LogP contribution in [0.2, 0.25) is 0 Å². The van der Waals surface area contributed by atoms with Gasteiger partial charge in [0.25, 0.3) is 0 Å². The fourth-order valence-electron chi connectivity index (χ4n) is 3.56. The maximum absolute atomic E-state index is 13.3. The zero-order valence-electron chi connectivity index (χ0n) is 13.4. The molecule has 2 aromatic heterocycles. The Bertz CT molecular complexity index is 1050. The van der Waals surface area contributed by atoms with Crippen molar-refractivity contribution in [3.8, 4) is 11.5 Å². The average molecular weight is 357 g/mol. The van der Waals surface area contributed by atoms with Crippen molar-refractivity contribution in [3.63, 3.8) is 0 Å². The molecule has 0 spiro atoms. The number of aromatic nitrogens is 2. The van der Waals surface area contributed by atoms with E-state index < -0.39 is 6.29 Å². The number of fused-ring (bicyclic) bond motifs is 4. The highest BCUT2D eigenvalue weighted by Crippen LogP contribution is 2.44. The molecule has 0 radical (unpaired) electrons. The Balaban J connectivity index is 1.66.